The number of hydrogen-bond acceptors (Lipinski definition) is 5. The number of aryl methyl sites for hydroxylation is 3. The molecular weight excluding hydrogens is 384 g/mol. The Labute approximate surface area is 175 Å². The zero-order valence-corrected chi connectivity index (χ0v) is 18.5. The first kappa shape index (κ1) is 21.2. The number of thiophene rings is 1. The largest absolute Gasteiger partial charge is 0.321 e. The van der Waals surface area contributed by atoms with Gasteiger partial charge in [-0.15, -0.1) is 11.3 Å². The summed E-state index contributed by atoms with van der Waals surface area (Å²) in [5.41, 5.74) is 3.41. The highest BCUT2D eigenvalue weighted by molar-refractivity contribution is 7.20. The summed E-state index contributed by atoms with van der Waals surface area (Å²) in [6.45, 7) is 9.47. The SMILES string of the molecule is CCCCN(C)Cc1nc2sc(C(=O)Nc3ccc(C)cc3C)c(C)c2c(=O)[nH]1. The van der Waals surface area contributed by atoms with Gasteiger partial charge in [0.25, 0.3) is 11.5 Å². The minimum Gasteiger partial charge on any atom is -0.321 e. The molecule has 3 rings (SSSR count). The smallest absolute Gasteiger partial charge is 0.266 e. The van der Waals surface area contributed by atoms with Crippen molar-refractivity contribution in [1.82, 2.24) is 14.9 Å². The van der Waals surface area contributed by atoms with E-state index in [0.29, 0.717) is 33.0 Å². The molecular formula is C22H28N4O2S. The molecule has 0 atom stereocenters. The molecule has 0 fully saturated rings. The molecule has 0 aliphatic rings. The van der Waals surface area contributed by atoms with Crippen LogP contribution in [0.15, 0.2) is 23.0 Å². The van der Waals surface area contributed by atoms with Gasteiger partial charge in [-0.05, 0) is 58.0 Å². The van der Waals surface area contributed by atoms with Gasteiger partial charge in [-0.25, -0.2) is 4.98 Å². The van der Waals surface area contributed by atoms with Crippen LogP contribution in [0.5, 0.6) is 0 Å². The van der Waals surface area contributed by atoms with E-state index >= 15 is 0 Å². The Hall–Kier alpha value is -2.51. The van der Waals surface area contributed by atoms with Gasteiger partial charge >= 0.3 is 0 Å². The van der Waals surface area contributed by atoms with Crippen molar-refractivity contribution in [1.29, 1.82) is 0 Å². The Morgan fingerprint density at radius 3 is 2.72 bits per heavy atom. The summed E-state index contributed by atoms with van der Waals surface area (Å²) in [4.78, 5) is 36.3. The predicted molar refractivity (Wildman–Crippen MR) is 120 cm³/mol. The van der Waals surface area contributed by atoms with E-state index in [0.717, 1.165) is 36.2 Å². The monoisotopic (exact) mass is 412 g/mol. The highest BCUT2D eigenvalue weighted by Gasteiger charge is 2.20. The molecule has 0 saturated heterocycles. The number of carbonyl (C=O) groups excluding carboxylic acids is 1. The van der Waals surface area contributed by atoms with Crippen LogP contribution in [-0.4, -0.2) is 34.4 Å². The fraction of sp³-hybridized carbons (Fsp3) is 0.409. The van der Waals surface area contributed by atoms with Gasteiger partial charge in [-0.1, -0.05) is 31.0 Å². The van der Waals surface area contributed by atoms with Crippen LogP contribution in [0.4, 0.5) is 5.69 Å². The predicted octanol–water partition coefficient (Wildman–Crippen LogP) is 4.39. The lowest BCUT2D eigenvalue weighted by Gasteiger charge is -2.14. The number of hydrogen-bond donors (Lipinski definition) is 2. The van der Waals surface area contributed by atoms with Crippen LogP contribution in [0.1, 0.15) is 52.0 Å². The lowest BCUT2D eigenvalue weighted by molar-refractivity contribution is 0.103. The molecule has 154 valence electrons. The molecule has 0 bridgehead atoms. The molecule has 0 unspecified atom stereocenters. The molecule has 6 nitrogen and oxygen atoms in total. The summed E-state index contributed by atoms with van der Waals surface area (Å²) in [6, 6.07) is 5.90. The van der Waals surface area contributed by atoms with Crippen LogP contribution < -0.4 is 10.9 Å². The van der Waals surface area contributed by atoms with E-state index in [1.165, 1.54) is 11.3 Å². The molecule has 1 aromatic carbocycles. The zero-order chi connectivity index (χ0) is 21.1. The molecule has 7 heteroatoms. The molecule has 0 aliphatic heterocycles. The Morgan fingerprint density at radius 2 is 2.03 bits per heavy atom. The van der Waals surface area contributed by atoms with Crippen molar-refractivity contribution in [2.24, 2.45) is 0 Å². The van der Waals surface area contributed by atoms with Crippen LogP contribution in [0, 0.1) is 20.8 Å². The molecule has 0 saturated carbocycles. The van der Waals surface area contributed by atoms with E-state index in [9.17, 15) is 9.59 Å². The van der Waals surface area contributed by atoms with E-state index in [-0.39, 0.29) is 11.5 Å². The summed E-state index contributed by atoms with van der Waals surface area (Å²) in [6.07, 6.45) is 2.22. The number of fused-ring (bicyclic) bond motifs is 1. The van der Waals surface area contributed by atoms with Gasteiger partial charge in [0.05, 0.1) is 16.8 Å². The molecule has 2 aromatic heterocycles. The summed E-state index contributed by atoms with van der Waals surface area (Å²) in [5, 5.41) is 3.47. The number of rotatable bonds is 7. The second kappa shape index (κ2) is 8.88. The minimum atomic E-state index is -0.210. The fourth-order valence-electron chi connectivity index (χ4n) is 3.38. The number of nitrogens with one attached hydrogen (secondary N) is 2. The molecule has 2 N–H and O–H groups in total. The average Bonchev–Trinajstić information content (AvgIpc) is 2.99. The molecule has 0 radical (unpaired) electrons. The van der Waals surface area contributed by atoms with Crippen molar-refractivity contribution >= 4 is 33.1 Å². The van der Waals surface area contributed by atoms with Crippen LogP contribution in [0.2, 0.25) is 0 Å². The Bertz CT molecular complexity index is 1100. The van der Waals surface area contributed by atoms with E-state index in [2.05, 4.69) is 27.1 Å². The number of benzene rings is 1. The number of aromatic amines is 1. The number of carbonyl (C=O) groups is 1. The Morgan fingerprint density at radius 1 is 1.28 bits per heavy atom. The van der Waals surface area contributed by atoms with Crippen molar-refractivity contribution in [2.45, 2.75) is 47.1 Å². The van der Waals surface area contributed by atoms with Gasteiger partial charge in [-0.3, -0.25) is 14.5 Å². The first-order valence-corrected chi connectivity index (χ1v) is 10.7. The summed E-state index contributed by atoms with van der Waals surface area (Å²) in [5.74, 6) is 0.419. The maximum Gasteiger partial charge on any atom is 0.266 e. The second-order valence-corrected chi connectivity index (χ2v) is 8.61. The van der Waals surface area contributed by atoms with E-state index in [1.807, 2.05) is 39.1 Å². The number of aromatic nitrogens is 2. The normalized spacial score (nSPS) is 11.4. The maximum atomic E-state index is 12.9. The topological polar surface area (TPSA) is 78.1 Å². The first-order valence-electron chi connectivity index (χ1n) is 9.89. The van der Waals surface area contributed by atoms with E-state index in [1.54, 1.807) is 6.92 Å². The number of anilines is 1. The van der Waals surface area contributed by atoms with E-state index < -0.39 is 0 Å². The van der Waals surface area contributed by atoms with Gasteiger partial charge in [0, 0.05) is 5.69 Å². The second-order valence-electron chi connectivity index (χ2n) is 7.61. The maximum absolute atomic E-state index is 12.9. The van der Waals surface area contributed by atoms with Crippen LogP contribution in [0.3, 0.4) is 0 Å². The summed E-state index contributed by atoms with van der Waals surface area (Å²) >= 11 is 1.27. The number of amides is 1. The van der Waals surface area contributed by atoms with Gasteiger partial charge < -0.3 is 10.3 Å². The average molecular weight is 413 g/mol. The Kier molecular flexibility index (Phi) is 6.49. The zero-order valence-electron chi connectivity index (χ0n) is 17.7. The molecule has 0 spiro atoms. The molecule has 3 aromatic rings. The standard InChI is InChI=1S/C22H28N4O2S/c1-6-7-10-26(5)12-17-24-20(27)18-15(4)19(29-22(18)25-17)21(28)23-16-9-8-13(2)11-14(16)3/h8-9,11H,6-7,10,12H2,1-5H3,(H,23,28)(H,24,25,27). The van der Waals surface area contributed by atoms with Gasteiger partial charge in [0.1, 0.15) is 10.7 Å². The lowest BCUT2D eigenvalue weighted by Crippen LogP contribution is -2.22. The van der Waals surface area contributed by atoms with Crippen LogP contribution >= 0.6 is 11.3 Å². The fourth-order valence-corrected chi connectivity index (χ4v) is 4.47. The highest BCUT2D eigenvalue weighted by atomic mass is 32.1. The van der Waals surface area contributed by atoms with Gasteiger partial charge in [0.15, 0.2) is 0 Å². The Balaban J connectivity index is 1.89. The highest BCUT2D eigenvalue weighted by Crippen LogP contribution is 2.28. The minimum absolute atomic E-state index is 0.187. The van der Waals surface area contributed by atoms with Crippen molar-refractivity contribution in [3.05, 3.63) is 55.9 Å². The van der Waals surface area contributed by atoms with Gasteiger partial charge in [-0.2, -0.15) is 0 Å². The van der Waals surface area contributed by atoms with Crippen molar-refractivity contribution < 1.29 is 4.79 Å². The number of unbranched alkanes of at least 4 members (excludes halogenated alkanes) is 1. The molecule has 29 heavy (non-hydrogen) atoms. The number of nitrogens with zero attached hydrogens (tertiary/aromatic N) is 2. The van der Waals surface area contributed by atoms with E-state index in [4.69, 9.17) is 0 Å². The lowest BCUT2D eigenvalue weighted by atomic mass is 10.1. The van der Waals surface area contributed by atoms with Crippen molar-refractivity contribution in [3.8, 4) is 0 Å². The molecule has 1 amide bonds. The third kappa shape index (κ3) is 4.74. The van der Waals surface area contributed by atoms with Crippen LogP contribution in [-0.2, 0) is 6.54 Å². The third-order valence-electron chi connectivity index (χ3n) is 5.00. The molecule has 2 heterocycles. The summed E-state index contributed by atoms with van der Waals surface area (Å²) < 4.78 is 0. The van der Waals surface area contributed by atoms with Crippen LogP contribution in [0.25, 0.3) is 10.2 Å². The van der Waals surface area contributed by atoms with Crippen molar-refractivity contribution in [2.75, 3.05) is 18.9 Å². The third-order valence-corrected chi connectivity index (χ3v) is 6.18. The van der Waals surface area contributed by atoms with Crippen molar-refractivity contribution in [3.63, 3.8) is 0 Å². The summed E-state index contributed by atoms with van der Waals surface area (Å²) in [7, 11) is 2.02. The molecule has 0 aliphatic carbocycles. The number of H-pyrrole nitrogens is 1. The van der Waals surface area contributed by atoms with Gasteiger partial charge in [0.2, 0.25) is 0 Å². The quantitative estimate of drug-likeness (QED) is 0.603. The first-order chi connectivity index (χ1) is 13.8.